The van der Waals surface area contributed by atoms with Gasteiger partial charge in [-0.3, -0.25) is 9.29 Å². The van der Waals surface area contributed by atoms with E-state index in [-0.39, 0.29) is 18.2 Å². The first-order valence-corrected chi connectivity index (χ1v) is 6.21. The van der Waals surface area contributed by atoms with Crippen LogP contribution in [0.3, 0.4) is 0 Å². The lowest BCUT2D eigenvalue weighted by Gasteiger charge is -2.35. The van der Waals surface area contributed by atoms with E-state index < -0.39 is 12.5 Å². The van der Waals surface area contributed by atoms with E-state index in [0.717, 1.165) is 26.2 Å². The zero-order chi connectivity index (χ0) is 13.0. The van der Waals surface area contributed by atoms with E-state index in [2.05, 4.69) is 10.2 Å². The summed E-state index contributed by atoms with van der Waals surface area (Å²) in [5, 5.41) is 13.0. The van der Waals surface area contributed by atoms with Crippen LogP contribution in [0.2, 0.25) is 0 Å². The highest BCUT2D eigenvalue weighted by Crippen LogP contribution is 2.32. The van der Waals surface area contributed by atoms with Crippen LogP contribution in [0.4, 0.5) is 8.78 Å². The maximum atomic E-state index is 13.3. The number of alkyl halides is 1. The van der Waals surface area contributed by atoms with Crippen LogP contribution in [0, 0.1) is 5.82 Å². The summed E-state index contributed by atoms with van der Waals surface area (Å²) in [6.07, 6.45) is 0.275. The Morgan fingerprint density at radius 3 is 2.72 bits per heavy atom. The van der Waals surface area contributed by atoms with E-state index in [1.54, 1.807) is 0 Å². The molecule has 1 aliphatic heterocycles. The summed E-state index contributed by atoms with van der Waals surface area (Å²) in [7, 11) is 0. The summed E-state index contributed by atoms with van der Waals surface area (Å²) in [6, 6.07) is 3.59. The molecule has 0 bridgehead atoms. The number of nitrogens with zero attached hydrogens (tertiary/aromatic N) is 1. The third-order valence-electron chi connectivity index (χ3n) is 3.32. The van der Waals surface area contributed by atoms with Crippen LogP contribution >= 0.6 is 0 Å². The topological polar surface area (TPSA) is 35.5 Å². The van der Waals surface area contributed by atoms with E-state index in [1.165, 1.54) is 18.2 Å². The smallest absolute Gasteiger partial charge is 0.123 e. The minimum Gasteiger partial charge on any atom is -0.508 e. The summed E-state index contributed by atoms with van der Waals surface area (Å²) in [5.74, 6) is -0.366. The molecule has 1 aromatic carbocycles. The molecule has 3 nitrogen and oxygen atoms in total. The average molecular weight is 256 g/mol. The summed E-state index contributed by atoms with van der Waals surface area (Å²) in [5.41, 5.74) is 0.481. The first kappa shape index (κ1) is 13.2. The molecule has 0 amide bonds. The van der Waals surface area contributed by atoms with Gasteiger partial charge in [0.2, 0.25) is 0 Å². The van der Waals surface area contributed by atoms with Crippen LogP contribution in [-0.2, 0) is 0 Å². The van der Waals surface area contributed by atoms with E-state index in [9.17, 15) is 13.9 Å². The number of phenolic OH excluding ortho intramolecular Hbond substituents is 1. The molecule has 0 aromatic heterocycles. The quantitative estimate of drug-likeness (QED) is 0.863. The van der Waals surface area contributed by atoms with Crippen molar-refractivity contribution in [3.63, 3.8) is 0 Å². The molecule has 1 heterocycles. The summed E-state index contributed by atoms with van der Waals surface area (Å²) < 4.78 is 26.0. The molecule has 2 rings (SSSR count). The Bertz CT molecular complexity index is 395. The summed E-state index contributed by atoms with van der Waals surface area (Å²) in [6.45, 7) is 2.74. The fourth-order valence-corrected chi connectivity index (χ4v) is 2.42. The molecule has 1 aromatic rings. The second-order valence-corrected chi connectivity index (χ2v) is 4.48. The first-order valence-electron chi connectivity index (χ1n) is 6.21. The van der Waals surface area contributed by atoms with Crippen molar-refractivity contribution >= 4 is 0 Å². The number of piperazine rings is 1. The number of rotatable bonds is 4. The zero-order valence-electron chi connectivity index (χ0n) is 10.2. The Balaban J connectivity index is 2.24. The molecule has 1 aliphatic rings. The van der Waals surface area contributed by atoms with Gasteiger partial charge in [0, 0.05) is 37.8 Å². The molecule has 0 spiro atoms. The number of benzene rings is 1. The van der Waals surface area contributed by atoms with Crippen molar-refractivity contribution in [1.29, 1.82) is 0 Å². The van der Waals surface area contributed by atoms with Gasteiger partial charge in [-0.25, -0.2) is 4.39 Å². The van der Waals surface area contributed by atoms with Gasteiger partial charge in [0.25, 0.3) is 0 Å². The zero-order valence-corrected chi connectivity index (χ0v) is 10.2. The van der Waals surface area contributed by atoms with Crippen molar-refractivity contribution in [3.05, 3.63) is 29.6 Å². The summed E-state index contributed by atoms with van der Waals surface area (Å²) in [4.78, 5) is 2.09. The number of hydrogen-bond donors (Lipinski definition) is 2. The molecule has 1 saturated heterocycles. The highest BCUT2D eigenvalue weighted by molar-refractivity contribution is 5.35. The highest BCUT2D eigenvalue weighted by atomic mass is 19.1. The lowest BCUT2D eigenvalue weighted by atomic mass is 10.0. The number of phenols is 1. The standard InChI is InChI=1S/C13H18F2N2O/c14-4-3-12(17-7-5-16-6-8-17)11-9-10(15)1-2-13(11)18/h1-2,9,12,16,18H,3-8H2/t12-/m1/s1. The van der Waals surface area contributed by atoms with Gasteiger partial charge >= 0.3 is 0 Å². The normalized spacial score (nSPS) is 18.8. The third kappa shape index (κ3) is 2.97. The minimum absolute atomic E-state index is 0.0355. The molecule has 2 N–H and O–H groups in total. The average Bonchev–Trinajstić information content (AvgIpc) is 2.40. The van der Waals surface area contributed by atoms with E-state index in [4.69, 9.17) is 0 Å². The first-order chi connectivity index (χ1) is 8.72. The lowest BCUT2D eigenvalue weighted by Crippen LogP contribution is -2.45. The largest absolute Gasteiger partial charge is 0.508 e. The van der Waals surface area contributed by atoms with Crippen LogP contribution in [0.15, 0.2) is 18.2 Å². The second kappa shape index (κ2) is 6.11. The van der Waals surface area contributed by atoms with Crippen molar-refractivity contribution in [2.24, 2.45) is 0 Å². The van der Waals surface area contributed by atoms with Gasteiger partial charge < -0.3 is 10.4 Å². The predicted molar refractivity (Wildman–Crippen MR) is 65.8 cm³/mol. The Hall–Kier alpha value is -1.20. The van der Waals surface area contributed by atoms with Crippen LogP contribution in [0.25, 0.3) is 0 Å². The van der Waals surface area contributed by atoms with Crippen molar-refractivity contribution < 1.29 is 13.9 Å². The molecule has 0 radical (unpaired) electrons. The van der Waals surface area contributed by atoms with Crippen molar-refractivity contribution in [1.82, 2.24) is 10.2 Å². The molecular weight excluding hydrogens is 238 g/mol. The monoisotopic (exact) mass is 256 g/mol. The van der Waals surface area contributed by atoms with E-state index in [1.807, 2.05) is 0 Å². The predicted octanol–water partition coefficient (Wildman–Crippen LogP) is 1.84. The molecular formula is C13H18F2N2O. The Labute approximate surface area is 105 Å². The van der Waals surface area contributed by atoms with Crippen molar-refractivity contribution in [2.75, 3.05) is 32.9 Å². The number of hydrogen-bond acceptors (Lipinski definition) is 3. The van der Waals surface area contributed by atoms with Crippen LogP contribution in [-0.4, -0.2) is 42.9 Å². The Morgan fingerprint density at radius 1 is 1.33 bits per heavy atom. The van der Waals surface area contributed by atoms with Gasteiger partial charge in [-0.05, 0) is 24.6 Å². The van der Waals surface area contributed by atoms with Gasteiger partial charge in [0.1, 0.15) is 11.6 Å². The fraction of sp³-hybridized carbons (Fsp3) is 0.538. The lowest BCUT2D eigenvalue weighted by molar-refractivity contribution is 0.155. The highest BCUT2D eigenvalue weighted by Gasteiger charge is 2.24. The maximum Gasteiger partial charge on any atom is 0.123 e. The van der Waals surface area contributed by atoms with Gasteiger partial charge in [-0.1, -0.05) is 0 Å². The molecule has 0 saturated carbocycles. The van der Waals surface area contributed by atoms with Gasteiger partial charge in [0.15, 0.2) is 0 Å². The molecule has 5 heteroatoms. The fourth-order valence-electron chi connectivity index (χ4n) is 2.42. The maximum absolute atomic E-state index is 13.3. The Morgan fingerprint density at radius 2 is 2.06 bits per heavy atom. The van der Waals surface area contributed by atoms with Crippen molar-refractivity contribution in [2.45, 2.75) is 12.5 Å². The molecule has 0 aliphatic carbocycles. The second-order valence-electron chi connectivity index (χ2n) is 4.48. The molecule has 18 heavy (non-hydrogen) atoms. The minimum atomic E-state index is -0.482. The van der Waals surface area contributed by atoms with E-state index in [0.29, 0.717) is 5.56 Å². The van der Waals surface area contributed by atoms with Crippen molar-refractivity contribution in [3.8, 4) is 5.75 Å². The number of nitrogens with one attached hydrogen (secondary N) is 1. The Kier molecular flexibility index (Phi) is 4.49. The van der Waals surface area contributed by atoms with Crippen LogP contribution in [0.1, 0.15) is 18.0 Å². The number of aromatic hydroxyl groups is 1. The van der Waals surface area contributed by atoms with Gasteiger partial charge in [-0.15, -0.1) is 0 Å². The van der Waals surface area contributed by atoms with Crippen LogP contribution < -0.4 is 5.32 Å². The van der Waals surface area contributed by atoms with Gasteiger partial charge in [0.05, 0.1) is 6.67 Å². The molecule has 1 atom stereocenters. The molecule has 0 unspecified atom stereocenters. The summed E-state index contributed by atoms with van der Waals surface area (Å²) >= 11 is 0. The third-order valence-corrected chi connectivity index (χ3v) is 3.32. The molecule has 100 valence electrons. The van der Waals surface area contributed by atoms with E-state index >= 15 is 0 Å². The molecule has 1 fully saturated rings. The SMILES string of the molecule is Oc1ccc(F)cc1[C@@H](CCF)N1CCNCC1. The van der Waals surface area contributed by atoms with Gasteiger partial charge in [-0.2, -0.15) is 0 Å². The number of halogens is 2. The van der Waals surface area contributed by atoms with Crippen LogP contribution in [0.5, 0.6) is 5.75 Å².